The third-order valence-corrected chi connectivity index (χ3v) is 3.22. The van der Waals surface area contributed by atoms with Gasteiger partial charge in [-0.05, 0) is 38.6 Å². The van der Waals surface area contributed by atoms with Crippen molar-refractivity contribution in [3.8, 4) is 11.8 Å². The lowest BCUT2D eigenvalue weighted by Crippen LogP contribution is -2.43. The van der Waals surface area contributed by atoms with Gasteiger partial charge in [0, 0.05) is 17.6 Å². The summed E-state index contributed by atoms with van der Waals surface area (Å²) in [6.45, 7) is 4.77. The summed E-state index contributed by atoms with van der Waals surface area (Å²) in [7, 11) is 1.92. The summed E-state index contributed by atoms with van der Waals surface area (Å²) < 4.78 is 13.3. The Morgan fingerprint density at radius 2 is 2.11 bits per heavy atom. The number of aliphatic hydroxyl groups excluding tert-OH is 1. The molecule has 0 heterocycles. The fraction of sp³-hybridized carbons (Fsp3) is 0.467. The second-order valence-electron chi connectivity index (χ2n) is 5.13. The third-order valence-electron chi connectivity index (χ3n) is 3.22. The summed E-state index contributed by atoms with van der Waals surface area (Å²) >= 11 is 0. The lowest BCUT2D eigenvalue weighted by atomic mass is 10.0. The number of halogens is 1. The van der Waals surface area contributed by atoms with Gasteiger partial charge in [0.05, 0.1) is 13.2 Å². The third kappa shape index (κ3) is 4.32. The normalized spacial score (nSPS) is 11.3. The Balaban J connectivity index is 3.01. The van der Waals surface area contributed by atoms with E-state index >= 15 is 0 Å². The molecule has 0 bridgehead atoms. The smallest absolute Gasteiger partial charge is 0.124 e. The van der Waals surface area contributed by atoms with Crippen LogP contribution in [-0.4, -0.2) is 35.7 Å². The predicted octanol–water partition coefficient (Wildman–Crippen LogP) is 1.34. The minimum atomic E-state index is -0.340. The Hall–Kier alpha value is -1.41. The molecule has 4 heteroatoms. The molecule has 0 unspecified atom stereocenters. The van der Waals surface area contributed by atoms with Crippen LogP contribution in [0.2, 0.25) is 0 Å². The largest absolute Gasteiger partial charge is 0.394 e. The van der Waals surface area contributed by atoms with Gasteiger partial charge in [-0.25, -0.2) is 4.39 Å². The van der Waals surface area contributed by atoms with Gasteiger partial charge in [0.15, 0.2) is 0 Å². The highest BCUT2D eigenvalue weighted by atomic mass is 19.1. The van der Waals surface area contributed by atoms with Gasteiger partial charge in [-0.15, -0.1) is 0 Å². The van der Waals surface area contributed by atoms with Crippen molar-refractivity contribution >= 4 is 0 Å². The van der Waals surface area contributed by atoms with Gasteiger partial charge < -0.3 is 10.8 Å². The number of nitrogens with zero attached hydrogens (tertiary/aromatic N) is 1. The van der Waals surface area contributed by atoms with Crippen LogP contribution in [-0.2, 0) is 6.54 Å². The zero-order valence-electron chi connectivity index (χ0n) is 11.7. The number of benzene rings is 1. The molecular formula is C15H21FN2O. The van der Waals surface area contributed by atoms with E-state index in [1.165, 1.54) is 12.1 Å². The first-order chi connectivity index (χ1) is 8.90. The predicted molar refractivity (Wildman–Crippen MR) is 75.0 cm³/mol. The summed E-state index contributed by atoms with van der Waals surface area (Å²) in [5, 5.41) is 9.35. The van der Waals surface area contributed by atoms with Gasteiger partial charge in [0.25, 0.3) is 0 Å². The molecule has 0 spiro atoms. The molecule has 0 fully saturated rings. The van der Waals surface area contributed by atoms with Crippen LogP contribution >= 0.6 is 0 Å². The molecule has 0 amide bonds. The fourth-order valence-corrected chi connectivity index (χ4v) is 1.54. The molecule has 0 aliphatic rings. The molecule has 3 N–H and O–H groups in total. The minimum absolute atomic E-state index is 0.0501. The van der Waals surface area contributed by atoms with E-state index in [9.17, 15) is 9.50 Å². The van der Waals surface area contributed by atoms with E-state index < -0.39 is 0 Å². The molecule has 0 saturated carbocycles. The van der Waals surface area contributed by atoms with E-state index in [-0.39, 0.29) is 24.5 Å². The van der Waals surface area contributed by atoms with Gasteiger partial charge in [0.2, 0.25) is 0 Å². The summed E-state index contributed by atoms with van der Waals surface area (Å²) in [6, 6.07) is 4.56. The van der Waals surface area contributed by atoms with E-state index in [2.05, 4.69) is 11.8 Å². The lowest BCUT2D eigenvalue weighted by molar-refractivity contribution is 0.0733. The monoisotopic (exact) mass is 264 g/mol. The first-order valence-electron chi connectivity index (χ1n) is 6.20. The van der Waals surface area contributed by atoms with Crippen molar-refractivity contribution in [3.05, 3.63) is 35.1 Å². The molecule has 1 rings (SSSR count). The van der Waals surface area contributed by atoms with Crippen molar-refractivity contribution < 1.29 is 9.50 Å². The van der Waals surface area contributed by atoms with Crippen LogP contribution in [0.25, 0.3) is 0 Å². The van der Waals surface area contributed by atoms with E-state index in [1.807, 2.05) is 25.8 Å². The molecule has 0 aliphatic carbocycles. The number of rotatable bonds is 4. The first kappa shape index (κ1) is 15.6. The maximum Gasteiger partial charge on any atom is 0.124 e. The SMILES string of the molecule is CN(Cc1ccc(F)cc1C#CCN)C(C)(C)CO. The molecule has 1 aromatic carbocycles. The molecular weight excluding hydrogens is 243 g/mol. The van der Waals surface area contributed by atoms with Crippen molar-refractivity contribution in [1.82, 2.24) is 4.90 Å². The number of hydrogen-bond acceptors (Lipinski definition) is 3. The maximum atomic E-state index is 13.3. The fourth-order valence-electron chi connectivity index (χ4n) is 1.54. The van der Waals surface area contributed by atoms with Crippen molar-refractivity contribution in [2.45, 2.75) is 25.9 Å². The Morgan fingerprint density at radius 1 is 1.42 bits per heavy atom. The molecule has 0 aromatic heterocycles. The van der Waals surface area contributed by atoms with Crippen molar-refractivity contribution in [3.63, 3.8) is 0 Å². The summed E-state index contributed by atoms with van der Waals surface area (Å²) in [4.78, 5) is 2.01. The molecule has 0 saturated heterocycles. The quantitative estimate of drug-likeness (QED) is 0.807. The molecule has 0 aliphatic heterocycles. The van der Waals surface area contributed by atoms with E-state index in [0.717, 1.165) is 5.56 Å². The van der Waals surface area contributed by atoms with Gasteiger partial charge in [-0.1, -0.05) is 17.9 Å². The van der Waals surface area contributed by atoms with E-state index in [4.69, 9.17) is 5.73 Å². The molecule has 0 radical (unpaired) electrons. The van der Waals surface area contributed by atoms with Gasteiger partial charge in [-0.2, -0.15) is 0 Å². The second kappa shape index (κ2) is 6.67. The molecule has 0 atom stereocenters. The number of hydrogen-bond donors (Lipinski definition) is 2. The van der Waals surface area contributed by atoms with Crippen LogP contribution in [0.3, 0.4) is 0 Å². The van der Waals surface area contributed by atoms with Crippen molar-refractivity contribution in [2.24, 2.45) is 5.73 Å². The highest BCUT2D eigenvalue weighted by Crippen LogP contribution is 2.18. The summed E-state index contributed by atoms with van der Waals surface area (Å²) in [5.41, 5.74) is 6.57. The maximum absolute atomic E-state index is 13.3. The minimum Gasteiger partial charge on any atom is -0.394 e. The van der Waals surface area contributed by atoms with Gasteiger partial charge in [0.1, 0.15) is 5.82 Å². The number of nitrogens with two attached hydrogens (primary N) is 1. The summed E-state index contributed by atoms with van der Waals surface area (Å²) in [6.07, 6.45) is 0. The second-order valence-corrected chi connectivity index (χ2v) is 5.13. The number of aliphatic hydroxyl groups is 1. The van der Waals surface area contributed by atoms with Crippen molar-refractivity contribution in [2.75, 3.05) is 20.2 Å². The molecule has 3 nitrogen and oxygen atoms in total. The first-order valence-corrected chi connectivity index (χ1v) is 6.20. The van der Waals surface area contributed by atoms with Crippen LogP contribution in [0.5, 0.6) is 0 Å². The van der Waals surface area contributed by atoms with Gasteiger partial charge >= 0.3 is 0 Å². The average molecular weight is 264 g/mol. The Labute approximate surface area is 114 Å². The standard InChI is InChI=1S/C15H21FN2O/c1-15(2,11-19)18(3)10-13-6-7-14(16)9-12(13)5-4-8-17/h6-7,9,19H,8,10-11,17H2,1-3H3. The summed E-state index contributed by atoms with van der Waals surface area (Å²) in [5.74, 6) is 5.31. The Kier molecular flexibility index (Phi) is 5.49. The van der Waals surface area contributed by atoms with Crippen molar-refractivity contribution in [1.29, 1.82) is 0 Å². The number of likely N-dealkylation sites (N-methyl/N-ethyl adjacent to an activating group) is 1. The van der Waals surface area contributed by atoms with Crippen LogP contribution in [0, 0.1) is 17.7 Å². The Bertz CT molecular complexity index is 489. The zero-order chi connectivity index (χ0) is 14.5. The topological polar surface area (TPSA) is 49.5 Å². The van der Waals surface area contributed by atoms with Crippen LogP contribution in [0.1, 0.15) is 25.0 Å². The molecule has 19 heavy (non-hydrogen) atoms. The van der Waals surface area contributed by atoms with Crippen LogP contribution in [0.4, 0.5) is 4.39 Å². The highest BCUT2D eigenvalue weighted by Gasteiger charge is 2.22. The Morgan fingerprint density at radius 3 is 2.68 bits per heavy atom. The lowest BCUT2D eigenvalue weighted by Gasteiger charge is -2.34. The van der Waals surface area contributed by atoms with E-state index in [1.54, 1.807) is 6.07 Å². The van der Waals surface area contributed by atoms with Crippen LogP contribution in [0.15, 0.2) is 18.2 Å². The molecule has 1 aromatic rings. The average Bonchev–Trinajstić information content (AvgIpc) is 2.38. The van der Waals surface area contributed by atoms with Gasteiger partial charge in [-0.3, -0.25) is 4.90 Å². The van der Waals surface area contributed by atoms with Crippen LogP contribution < -0.4 is 5.73 Å². The van der Waals surface area contributed by atoms with E-state index in [0.29, 0.717) is 12.1 Å². The molecule has 104 valence electrons. The zero-order valence-corrected chi connectivity index (χ0v) is 11.7. The highest BCUT2D eigenvalue weighted by molar-refractivity contribution is 5.42.